The van der Waals surface area contributed by atoms with Crippen molar-refractivity contribution in [2.45, 2.75) is 33.1 Å². The highest BCUT2D eigenvalue weighted by Crippen LogP contribution is 2.18. The second kappa shape index (κ2) is 7.42. The van der Waals surface area contributed by atoms with Crippen molar-refractivity contribution in [1.29, 1.82) is 0 Å². The quantitative estimate of drug-likeness (QED) is 0.865. The SMILES string of the molecule is CC(=O)c1ccc(Nc2cc(C(=O)N3CCCCC3)nc(C)n2)cc1. The fourth-order valence-corrected chi connectivity index (χ4v) is 2.94. The predicted octanol–water partition coefficient (Wildman–Crippen LogP) is 3.36. The van der Waals surface area contributed by atoms with Crippen molar-refractivity contribution in [1.82, 2.24) is 14.9 Å². The number of carbonyl (C=O) groups excluding carboxylic acids is 2. The number of rotatable bonds is 4. The van der Waals surface area contributed by atoms with Crippen LogP contribution in [-0.2, 0) is 0 Å². The van der Waals surface area contributed by atoms with Crippen molar-refractivity contribution in [3.63, 3.8) is 0 Å². The minimum absolute atomic E-state index is 0.0267. The molecular formula is C19H22N4O2. The normalized spacial score (nSPS) is 14.2. The van der Waals surface area contributed by atoms with Crippen LogP contribution >= 0.6 is 0 Å². The number of nitrogens with zero attached hydrogens (tertiary/aromatic N) is 3. The van der Waals surface area contributed by atoms with Gasteiger partial charge in [-0.3, -0.25) is 9.59 Å². The molecule has 0 unspecified atom stereocenters. The topological polar surface area (TPSA) is 75.2 Å². The van der Waals surface area contributed by atoms with Crippen LogP contribution in [0.25, 0.3) is 0 Å². The Morgan fingerprint density at radius 3 is 2.36 bits per heavy atom. The van der Waals surface area contributed by atoms with E-state index in [4.69, 9.17) is 0 Å². The molecule has 2 aromatic rings. The highest BCUT2D eigenvalue weighted by atomic mass is 16.2. The Hall–Kier alpha value is -2.76. The van der Waals surface area contributed by atoms with Gasteiger partial charge in [0.25, 0.3) is 5.91 Å². The molecular weight excluding hydrogens is 316 g/mol. The summed E-state index contributed by atoms with van der Waals surface area (Å²) in [5.41, 5.74) is 1.88. The maximum atomic E-state index is 12.6. The monoisotopic (exact) mass is 338 g/mol. The molecule has 1 fully saturated rings. The molecule has 0 atom stereocenters. The Kier molecular flexibility index (Phi) is 5.07. The molecule has 6 nitrogen and oxygen atoms in total. The average molecular weight is 338 g/mol. The first-order chi connectivity index (χ1) is 12.0. The summed E-state index contributed by atoms with van der Waals surface area (Å²) in [5, 5.41) is 3.18. The number of hydrogen-bond donors (Lipinski definition) is 1. The molecule has 3 rings (SSSR count). The zero-order valence-corrected chi connectivity index (χ0v) is 14.6. The van der Waals surface area contributed by atoms with Gasteiger partial charge in [-0.15, -0.1) is 0 Å². The maximum Gasteiger partial charge on any atom is 0.272 e. The number of ketones is 1. The van der Waals surface area contributed by atoms with Gasteiger partial charge in [0.05, 0.1) is 0 Å². The Morgan fingerprint density at radius 2 is 1.72 bits per heavy atom. The lowest BCUT2D eigenvalue weighted by Crippen LogP contribution is -2.36. The minimum Gasteiger partial charge on any atom is -0.340 e. The molecule has 1 aromatic carbocycles. The van der Waals surface area contributed by atoms with Crippen LogP contribution in [-0.4, -0.2) is 39.6 Å². The number of benzene rings is 1. The third kappa shape index (κ3) is 4.21. The number of anilines is 2. The zero-order chi connectivity index (χ0) is 17.8. The van der Waals surface area contributed by atoms with Gasteiger partial charge < -0.3 is 10.2 Å². The summed E-state index contributed by atoms with van der Waals surface area (Å²) in [6.45, 7) is 4.89. The number of likely N-dealkylation sites (tertiary alicyclic amines) is 1. The summed E-state index contributed by atoms with van der Waals surface area (Å²) >= 11 is 0. The van der Waals surface area contributed by atoms with Crippen molar-refractivity contribution >= 4 is 23.2 Å². The molecule has 1 aliphatic heterocycles. The third-order valence-electron chi connectivity index (χ3n) is 4.26. The van der Waals surface area contributed by atoms with E-state index in [2.05, 4.69) is 15.3 Å². The maximum absolute atomic E-state index is 12.6. The van der Waals surface area contributed by atoms with Crippen molar-refractivity contribution in [3.05, 3.63) is 47.4 Å². The number of hydrogen-bond acceptors (Lipinski definition) is 5. The molecule has 1 aromatic heterocycles. The van der Waals surface area contributed by atoms with Gasteiger partial charge in [0.1, 0.15) is 17.3 Å². The molecule has 1 amide bonds. The van der Waals surface area contributed by atoms with Crippen LogP contribution in [0.2, 0.25) is 0 Å². The van der Waals surface area contributed by atoms with Crippen molar-refractivity contribution in [2.75, 3.05) is 18.4 Å². The van der Waals surface area contributed by atoms with E-state index < -0.39 is 0 Å². The van der Waals surface area contributed by atoms with E-state index in [-0.39, 0.29) is 11.7 Å². The standard InChI is InChI=1S/C19H22N4O2/c1-13(24)15-6-8-16(9-7-15)22-18-12-17(20-14(2)21-18)19(25)23-10-4-3-5-11-23/h6-9,12H,3-5,10-11H2,1-2H3,(H,20,21,22). The number of piperidine rings is 1. The molecule has 25 heavy (non-hydrogen) atoms. The number of aryl methyl sites for hydroxylation is 1. The molecule has 0 aliphatic carbocycles. The predicted molar refractivity (Wildman–Crippen MR) is 96.3 cm³/mol. The molecule has 0 spiro atoms. The highest BCUT2D eigenvalue weighted by Gasteiger charge is 2.20. The largest absolute Gasteiger partial charge is 0.340 e. The second-order valence-electron chi connectivity index (χ2n) is 6.30. The molecule has 0 bridgehead atoms. The van der Waals surface area contributed by atoms with Crippen molar-refractivity contribution < 1.29 is 9.59 Å². The summed E-state index contributed by atoms with van der Waals surface area (Å²) < 4.78 is 0. The van der Waals surface area contributed by atoms with Gasteiger partial charge in [0.2, 0.25) is 0 Å². The second-order valence-corrected chi connectivity index (χ2v) is 6.30. The summed E-state index contributed by atoms with van der Waals surface area (Å²) in [7, 11) is 0. The van der Waals surface area contributed by atoms with Crippen LogP contribution in [0.5, 0.6) is 0 Å². The van der Waals surface area contributed by atoms with Crippen molar-refractivity contribution in [3.8, 4) is 0 Å². The van der Waals surface area contributed by atoms with Gasteiger partial charge in [-0.05, 0) is 57.4 Å². The Bertz CT molecular complexity index is 781. The van der Waals surface area contributed by atoms with Gasteiger partial charge in [-0.1, -0.05) is 0 Å². The zero-order valence-electron chi connectivity index (χ0n) is 14.6. The van der Waals surface area contributed by atoms with Crippen LogP contribution in [0.3, 0.4) is 0 Å². The molecule has 6 heteroatoms. The first kappa shape index (κ1) is 17.1. The highest BCUT2D eigenvalue weighted by molar-refractivity contribution is 5.94. The Balaban J connectivity index is 1.79. The van der Waals surface area contributed by atoms with E-state index in [0.29, 0.717) is 22.9 Å². The number of Topliss-reactive ketones (excluding diaryl/α,β-unsaturated/α-hetero) is 1. The number of aromatic nitrogens is 2. The summed E-state index contributed by atoms with van der Waals surface area (Å²) in [6, 6.07) is 8.85. The van der Waals surface area contributed by atoms with Gasteiger partial charge in [-0.25, -0.2) is 9.97 Å². The summed E-state index contributed by atoms with van der Waals surface area (Å²) in [4.78, 5) is 34.5. The average Bonchev–Trinajstić information content (AvgIpc) is 2.62. The molecule has 0 radical (unpaired) electrons. The lowest BCUT2D eigenvalue weighted by atomic mass is 10.1. The lowest BCUT2D eigenvalue weighted by molar-refractivity contribution is 0.0718. The molecule has 0 saturated carbocycles. The van der Waals surface area contributed by atoms with Crippen LogP contribution in [0.4, 0.5) is 11.5 Å². The number of nitrogens with one attached hydrogen (secondary N) is 1. The molecule has 130 valence electrons. The van der Waals surface area contributed by atoms with Crippen LogP contribution in [0.1, 0.15) is 52.9 Å². The molecule has 1 aliphatic rings. The van der Waals surface area contributed by atoms with Crippen LogP contribution in [0, 0.1) is 6.92 Å². The van der Waals surface area contributed by atoms with Gasteiger partial charge in [0.15, 0.2) is 5.78 Å². The number of carbonyl (C=O) groups is 2. The fraction of sp³-hybridized carbons (Fsp3) is 0.368. The van der Waals surface area contributed by atoms with E-state index in [9.17, 15) is 9.59 Å². The lowest BCUT2D eigenvalue weighted by Gasteiger charge is -2.26. The smallest absolute Gasteiger partial charge is 0.272 e. The third-order valence-corrected chi connectivity index (χ3v) is 4.26. The first-order valence-corrected chi connectivity index (χ1v) is 8.56. The summed E-state index contributed by atoms with van der Waals surface area (Å²) in [6.07, 6.45) is 3.27. The van der Waals surface area contributed by atoms with E-state index in [1.54, 1.807) is 25.1 Å². The Morgan fingerprint density at radius 1 is 1.04 bits per heavy atom. The van der Waals surface area contributed by atoms with Gasteiger partial charge >= 0.3 is 0 Å². The minimum atomic E-state index is -0.0415. The van der Waals surface area contributed by atoms with Gasteiger partial charge in [-0.2, -0.15) is 0 Å². The summed E-state index contributed by atoms with van der Waals surface area (Å²) in [5.74, 6) is 1.10. The Labute approximate surface area is 147 Å². The molecule has 1 saturated heterocycles. The molecule has 2 heterocycles. The molecule has 1 N–H and O–H groups in total. The first-order valence-electron chi connectivity index (χ1n) is 8.56. The van der Waals surface area contributed by atoms with E-state index in [1.165, 1.54) is 13.3 Å². The van der Waals surface area contributed by atoms with Crippen LogP contribution < -0.4 is 5.32 Å². The van der Waals surface area contributed by atoms with Gasteiger partial charge in [0, 0.05) is 30.4 Å². The van der Waals surface area contributed by atoms with E-state index in [0.717, 1.165) is 31.6 Å². The van der Waals surface area contributed by atoms with Crippen LogP contribution in [0.15, 0.2) is 30.3 Å². The number of amides is 1. The van der Waals surface area contributed by atoms with E-state index >= 15 is 0 Å². The van der Waals surface area contributed by atoms with Crippen molar-refractivity contribution in [2.24, 2.45) is 0 Å². The fourth-order valence-electron chi connectivity index (χ4n) is 2.94. The van der Waals surface area contributed by atoms with E-state index in [1.807, 2.05) is 17.0 Å².